The quantitative estimate of drug-likeness (QED) is 0.791. The van der Waals surface area contributed by atoms with E-state index in [1.54, 1.807) is 0 Å². The largest absolute Gasteiger partial charge is 0.392 e. The predicted octanol–water partition coefficient (Wildman–Crippen LogP) is 2.30. The van der Waals surface area contributed by atoms with Crippen molar-refractivity contribution < 1.29 is 5.11 Å². The third kappa shape index (κ3) is 2.53. The smallest absolute Gasteiger partial charge is 0.0636 e. The van der Waals surface area contributed by atoms with E-state index in [0.717, 1.165) is 19.3 Å². The van der Waals surface area contributed by atoms with Crippen LogP contribution in [0.3, 0.4) is 0 Å². The number of fused-ring (bicyclic) bond motifs is 3. The number of aromatic nitrogens is 1. The number of H-pyrrole nitrogens is 1. The van der Waals surface area contributed by atoms with Crippen LogP contribution in [0, 0.1) is 6.92 Å². The third-order valence-electron chi connectivity index (χ3n) is 4.05. The molecule has 102 valence electrons. The molecule has 2 unspecified atom stereocenters. The van der Waals surface area contributed by atoms with Crippen molar-refractivity contribution in [2.75, 3.05) is 6.54 Å². The number of benzene rings is 1. The summed E-state index contributed by atoms with van der Waals surface area (Å²) < 4.78 is 0. The zero-order chi connectivity index (χ0) is 13.4. The average molecular weight is 258 g/mol. The Bertz CT molecular complexity index is 586. The Hall–Kier alpha value is -1.32. The van der Waals surface area contributed by atoms with Gasteiger partial charge in [0, 0.05) is 29.2 Å². The highest BCUT2D eigenvalue weighted by atomic mass is 16.3. The fourth-order valence-corrected chi connectivity index (χ4v) is 3.04. The van der Waals surface area contributed by atoms with Crippen LogP contribution < -0.4 is 5.32 Å². The second-order valence-electron chi connectivity index (χ2n) is 5.83. The molecule has 0 aliphatic heterocycles. The summed E-state index contributed by atoms with van der Waals surface area (Å²) in [5.74, 6) is 0. The van der Waals surface area contributed by atoms with Crippen molar-refractivity contribution in [3.8, 4) is 0 Å². The van der Waals surface area contributed by atoms with Crippen LogP contribution in [-0.2, 0) is 12.8 Å². The normalized spacial score (nSPS) is 20.5. The molecule has 2 aromatic rings. The lowest BCUT2D eigenvalue weighted by molar-refractivity contribution is 0.184. The number of aliphatic hydroxyl groups excluding tert-OH is 1. The maximum Gasteiger partial charge on any atom is 0.0636 e. The first kappa shape index (κ1) is 12.7. The number of nitrogens with one attached hydrogen (secondary N) is 2. The molecule has 19 heavy (non-hydrogen) atoms. The number of rotatable bonds is 3. The van der Waals surface area contributed by atoms with E-state index in [1.165, 1.54) is 27.7 Å². The molecule has 0 saturated heterocycles. The molecule has 2 atom stereocenters. The van der Waals surface area contributed by atoms with Crippen molar-refractivity contribution in [1.82, 2.24) is 10.3 Å². The molecular formula is C16H22N2O. The summed E-state index contributed by atoms with van der Waals surface area (Å²) in [5, 5.41) is 14.2. The van der Waals surface area contributed by atoms with Gasteiger partial charge in [-0.2, -0.15) is 0 Å². The minimum atomic E-state index is -0.272. The van der Waals surface area contributed by atoms with Crippen molar-refractivity contribution in [3.05, 3.63) is 35.0 Å². The summed E-state index contributed by atoms with van der Waals surface area (Å²) in [6.07, 6.45) is 3.03. The van der Waals surface area contributed by atoms with Crippen LogP contribution in [0.1, 0.15) is 30.2 Å². The van der Waals surface area contributed by atoms with Gasteiger partial charge in [-0.3, -0.25) is 0 Å². The Morgan fingerprint density at radius 3 is 3.11 bits per heavy atom. The lowest BCUT2D eigenvalue weighted by Crippen LogP contribution is -2.38. The van der Waals surface area contributed by atoms with Crippen molar-refractivity contribution in [2.45, 2.75) is 45.3 Å². The van der Waals surface area contributed by atoms with Gasteiger partial charge in [0.1, 0.15) is 0 Å². The van der Waals surface area contributed by atoms with E-state index in [-0.39, 0.29) is 6.10 Å². The van der Waals surface area contributed by atoms with Crippen LogP contribution in [0.2, 0.25) is 0 Å². The topological polar surface area (TPSA) is 48.0 Å². The van der Waals surface area contributed by atoms with Gasteiger partial charge in [-0.15, -0.1) is 0 Å². The molecule has 1 aliphatic carbocycles. The molecule has 0 radical (unpaired) electrons. The molecule has 3 rings (SSSR count). The zero-order valence-electron chi connectivity index (χ0n) is 11.7. The van der Waals surface area contributed by atoms with Gasteiger partial charge in [-0.1, -0.05) is 11.6 Å². The Morgan fingerprint density at radius 2 is 2.32 bits per heavy atom. The lowest BCUT2D eigenvalue weighted by Gasteiger charge is -2.24. The van der Waals surface area contributed by atoms with E-state index >= 15 is 0 Å². The molecule has 0 saturated carbocycles. The first-order valence-electron chi connectivity index (χ1n) is 7.15. The number of aryl methyl sites for hydroxylation is 2. The molecule has 0 fully saturated rings. The minimum Gasteiger partial charge on any atom is -0.392 e. The van der Waals surface area contributed by atoms with Crippen LogP contribution in [0.15, 0.2) is 18.2 Å². The summed E-state index contributed by atoms with van der Waals surface area (Å²) >= 11 is 0. The molecular weight excluding hydrogens is 236 g/mol. The van der Waals surface area contributed by atoms with E-state index in [0.29, 0.717) is 12.6 Å². The number of hydrogen-bond acceptors (Lipinski definition) is 2. The molecule has 0 bridgehead atoms. The van der Waals surface area contributed by atoms with E-state index < -0.39 is 0 Å². The predicted molar refractivity (Wildman–Crippen MR) is 78.5 cm³/mol. The molecule has 1 heterocycles. The third-order valence-corrected chi connectivity index (χ3v) is 4.05. The molecule has 3 heteroatoms. The standard InChI is InChI=1S/C16H22N2O/c1-10-3-5-15-13(7-10)14-8-12(17-9-11(2)19)4-6-16(14)18-15/h3,5,7,11-12,17-19H,4,6,8-9H2,1-2H3. The lowest BCUT2D eigenvalue weighted by atomic mass is 9.91. The van der Waals surface area contributed by atoms with E-state index in [1.807, 2.05) is 6.92 Å². The van der Waals surface area contributed by atoms with Gasteiger partial charge in [0.2, 0.25) is 0 Å². The first-order chi connectivity index (χ1) is 9.13. The van der Waals surface area contributed by atoms with E-state index in [2.05, 4.69) is 35.4 Å². The van der Waals surface area contributed by atoms with Crippen LogP contribution >= 0.6 is 0 Å². The molecule has 3 nitrogen and oxygen atoms in total. The highest BCUT2D eigenvalue weighted by Crippen LogP contribution is 2.29. The second-order valence-corrected chi connectivity index (χ2v) is 5.83. The van der Waals surface area contributed by atoms with E-state index in [4.69, 9.17) is 0 Å². The molecule has 1 aromatic heterocycles. The van der Waals surface area contributed by atoms with Crippen LogP contribution in [0.25, 0.3) is 10.9 Å². The van der Waals surface area contributed by atoms with Crippen molar-refractivity contribution in [1.29, 1.82) is 0 Å². The summed E-state index contributed by atoms with van der Waals surface area (Å²) in [6.45, 7) is 4.66. The Labute approximate surface area is 114 Å². The fourth-order valence-electron chi connectivity index (χ4n) is 3.04. The van der Waals surface area contributed by atoms with Gasteiger partial charge in [-0.05, 0) is 50.8 Å². The van der Waals surface area contributed by atoms with Crippen molar-refractivity contribution in [2.24, 2.45) is 0 Å². The Morgan fingerprint density at radius 1 is 1.47 bits per heavy atom. The maximum atomic E-state index is 9.38. The van der Waals surface area contributed by atoms with Gasteiger partial charge in [-0.25, -0.2) is 0 Å². The maximum absolute atomic E-state index is 9.38. The monoisotopic (exact) mass is 258 g/mol. The van der Waals surface area contributed by atoms with Crippen LogP contribution in [0.5, 0.6) is 0 Å². The van der Waals surface area contributed by atoms with Gasteiger partial charge < -0.3 is 15.4 Å². The first-order valence-corrected chi connectivity index (χ1v) is 7.15. The minimum absolute atomic E-state index is 0.272. The fraction of sp³-hybridized carbons (Fsp3) is 0.500. The van der Waals surface area contributed by atoms with Gasteiger partial charge in [0.05, 0.1) is 6.10 Å². The average Bonchev–Trinajstić information content (AvgIpc) is 2.74. The molecule has 1 aromatic carbocycles. The highest BCUT2D eigenvalue weighted by molar-refractivity contribution is 5.85. The number of aliphatic hydroxyl groups is 1. The summed E-state index contributed by atoms with van der Waals surface area (Å²) in [4.78, 5) is 3.55. The van der Waals surface area contributed by atoms with Crippen molar-refractivity contribution >= 4 is 10.9 Å². The van der Waals surface area contributed by atoms with E-state index in [9.17, 15) is 5.11 Å². The molecule has 0 amide bonds. The van der Waals surface area contributed by atoms with Gasteiger partial charge in [0.25, 0.3) is 0 Å². The molecule has 3 N–H and O–H groups in total. The van der Waals surface area contributed by atoms with Gasteiger partial charge in [0.15, 0.2) is 0 Å². The zero-order valence-corrected chi connectivity index (χ0v) is 11.7. The van der Waals surface area contributed by atoms with Crippen LogP contribution in [0.4, 0.5) is 0 Å². The van der Waals surface area contributed by atoms with Crippen molar-refractivity contribution in [3.63, 3.8) is 0 Å². The number of hydrogen-bond donors (Lipinski definition) is 3. The number of aromatic amines is 1. The summed E-state index contributed by atoms with van der Waals surface area (Å²) in [6, 6.07) is 7.11. The van der Waals surface area contributed by atoms with Gasteiger partial charge >= 0.3 is 0 Å². The Kier molecular flexibility index (Phi) is 3.33. The molecule has 0 spiro atoms. The second kappa shape index (κ2) is 4.99. The Balaban J connectivity index is 1.86. The SMILES string of the molecule is Cc1ccc2[nH]c3c(c2c1)CC(NCC(C)O)CC3. The highest BCUT2D eigenvalue weighted by Gasteiger charge is 2.22. The summed E-state index contributed by atoms with van der Waals surface area (Å²) in [5.41, 5.74) is 5.43. The molecule has 1 aliphatic rings. The van der Waals surface area contributed by atoms with Crippen LogP contribution in [-0.4, -0.2) is 28.8 Å². The summed E-state index contributed by atoms with van der Waals surface area (Å²) in [7, 11) is 0.